The van der Waals surface area contributed by atoms with E-state index in [1.54, 1.807) is 0 Å². The van der Waals surface area contributed by atoms with Gasteiger partial charge in [-0.1, -0.05) is 37.6 Å². The van der Waals surface area contributed by atoms with E-state index in [0.717, 1.165) is 12.8 Å². The van der Waals surface area contributed by atoms with Crippen LogP contribution < -0.4 is 5.32 Å². The smallest absolute Gasteiger partial charge is 0.220 e. The van der Waals surface area contributed by atoms with Crippen molar-refractivity contribution in [1.82, 2.24) is 5.32 Å². The van der Waals surface area contributed by atoms with Gasteiger partial charge in [-0.05, 0) is 33.6 Å². The van der Waals surface area contributed by atoms with Crippen molar-refractivity contribution in [2.24, 2.45) is 0 Å². The van der Waals surface area contributed by atoms with E-state index in [1.807, 2.05) is 39.0 Å². The second-order valence-corrected chi connectivity index (χ2v) is 4.98. The lowest BCUT2D eigenvalue weighted by atomic mass is 10.1. The molecule has 2 nitrogen and oxygen atoms in total. The fourth-order valence-electron chi connectivity index (χ4n) is 1.21. The number of unbranched alkanes of at least 4 members (excludes halogenated alkanes) is 1. The van der Waals surface area contributed by atoms with Crippen molar-refractivity contribution in [3.63, 3.8) is 0 Å². The first-order chi connectivity index (χ1) is 7.45. The minimum Gasteiger partial charge on any atom is -0.352 e. The molecule has 0 bridgehead atoms. The number of nitrogens with one attached hydrogen (secondary N) is 1. The van der Waals surface area contributed by atoms with Crippen LogP contribution >= 0.6 is 0 Å². The maximum Gasteiger partial charge on any atom is 0.220 e. The van der Waals surface area contributed by atoms with Gasteiger partial charge in [0.1, 0.15) is 0 Å². The van der Waals surface area contributed by atoms with Crippen LogP contribution in [0.4, 0.5) is 0 Å². The molecule has 0 aromatic rings. The van der Waals surface area contributed by atoms with E-state index < -0.39 is 0 Å². The first-order valence-electron chi connectivity index (χ1n) is 6.08. The Morgan fingerprint density at radius 1 is 1.12 bits per heavy atom. The number of amides is 1. The van der Waals surface area contributed by atoms with Crippen LogP contribution in [0.15, 0.2) is 24.3 Å². The van der Waals surface area contributed by atoms with Gasteiger partial charge >= 0.3 is 0 Å². The lowest BCUT2D eigenvalue weighted by Gasteiger charge is -2.20. The van der Waals surface area contributed by atoms with Crippen LogP contribution in [-0.2, 0) is 4.79 Å². The Labute approximate surface area is 99.8 Å². The van der Waals surface area contributed by atoms with Crippen molar-refractivity contribution in [3.8, 4) is 0 Å². The number of rotatable bonds is 6. The summed E-state index contributed by atoms with van der Waals surface area (Å²) in [4.78, 5) is 11.4. The summed E-state index contributed by atoms with van der Waals surface area (Å²) >= 11 is 0. The first-order valence-corrected chi connectivity index (χ1v) is 6.08. The number of hydrogen-bond acceptors (Lipinski definition) is 1. The predicted molar refractivity (Wildman–Crippen MR) is 70.3 cm³/mol. The molecule has 0 rings (SSSR count). The molecular formula is C14H25NO. The van der Waals surface area contributed by atoms with Crippen molar-refractivity contribution < 1.29 is 4.79 Å². The molecule has 1 N–H and O–H groups in total. The van der Waals surface area contributed by atoms with E-state index in [0.29, 0.717) is 6.42 Å². The topological polar surface area (TPSA) is 29.1 Å². The molecule has 0 radical (unpaired) electrons. The normalized spacial score (nSPS) is 12.5. The summed E-state index contributed by atoms with van der Waals surface area (Å²) in [6.07, 6.45) is 11.9. The molecule has 0 unspecified atom stereocenters. The summed E-state index contributed by atoms with van der Waals surface area (Å²) in [5, 5.41) is 2.94. The van der Waals surface area contributed by atoms with Crippen LogP contribution in [-0.4, -0.2) is 11.4 Å². The van der Waals surface area contributed by atoms with E-state index >= 15 is 0 Å². The minimum absolute atomic E-state index is 0.120. The monoisotopic (exact) mass is 223 g/mol. The van der Waals surface area contributed by atoms with E-state index in [-0.39, 0.29) is 11.4 Å². The lowest BCUT2D eigenvalue weighted by molar-refractivity contribution is -0.122. The molecule has 0 saturated heterocycles. The summed E-state index contributed by atoms with van der Waals surface area (Å²) in [5.41, 5.74) is -0.123. The van der Waals surface area contributed by atoms with Crippen molar-refractivity contribution >= 4 is 5.91 Å². The number of hydrogen-bond donors (Lipinski definition) is 1. The largest absolute Gasteiger partial charge is 0.352 e. The van der Waals surface area contributed by atoms with Gasteiger partial charge in [0.25, 0.3) is 0 Å². The van der Waals surface area contributed by atoms with E-state index in [1.165, 1.54) is 6.42 Å². The third-order valence-electron chi connectivity index (χ3n) is 1.89. The Morgan fingerprint density at radius 3 is 2.19 bits per heavy atom. The highest BCUT2D eigenvalue weighted by atomic mass is 16.1. The van der Waals surface area contributed by atoms with Crippen LogP contribution in [0, 0.1) is 0 Å². The summed E-state index contributed by atoms with van der Waals surface area (Å²) in [6, 6.07) is 0. The summed E-state index contributed by atoms with van der Waals surface area (Å²) < 4.78 is 0. The Kier molecular flexibility index (Phi) is 7.61. The third kappa shape index (κ3) is 11.0. The molecule has 0 aliphatic carbocycles. The van der Waals surface area contributed by atoms with E-state index in [2.05, 4.69) is 18.3 Å². The fraction of sp³-hybridized carbons (Fsp3) is 0.643. The molecule has 0 heterocycles. The van der Waals surface area contributed by atoms with Crippen molar-refractivity contribution in [2.45, 2.75) is 58.9 Å². The van der Waals surface area contributed by atoms with Crippen LogP contribution in [0.3, 0.4) is 0 Å². The van der Waals surface area contributed by atoms with Crippen LogP contribution in [0.5, 0.6) is 0 Å². The molecule has 0 aliphatic heterocycles. The molecule has 0 aromatic carbocycles. The van der Waals surface area contributed by atoms with Crippen LogP contribution in [0.2, 0.25) is 0 Å². The molecular weight excluding hydrogens is 198 g/mol. The Bertz CT molecular complexity index is 246. The van der Waals surface area contributed by atoms with Gasteiger partial charge in [-0.2, -0.15) is 0 Å². The fourth-order valence-corrected chi connectivity index (χ4v) is 1.21. The van der Waals surface area contributed by atoms with E-state index in [9.17, 15) is 4.79 Å². The SMILES string of the molecule is CCCC=C/C=C\CCC(=O)NC(C)(C)C. The van der Waals surface area contributed by atoms with Crippen molar-refractivity contribution in [2.75, 3.05) is 0 Å². The Hall–Kier alpha value is -1.05. The average Bonchev–Trinajstić information content (AvgIpc) is 2.13. The number of carbonyl (C=O) groups is 1. The molecule has 0 fully saturated rings. The van der Waals surface area contributed by atoms with Gasteiger partial charge in [-0.25, -0.2) is 0 Å². The zero-order valence-electron chi connectivity index (χ0n) is 11.0. The number of allylic oxidation sites excluding steroid dienone is 4. The molecule has 0 atom stereocenters. The highest BCUT2D eigenvalue weighted by molar-refractivity contribution is 5.76. The van der Waals surface area contributed by atoms with Gasteiger partial charge in [0.2, 0.25) is 5.91 Å². The average molecular weight is 223 g/mol. The van der Waals surface area contributed by atoms with Gasteiger partial charge < -0.3 is 5.32 Å². The number of carbonyl (C=O) groups excluding carboxylic acids is 1. The highest BCUT2D eigenvalue weighted by Crippen LogP contribution is 2.01. The third-order valence-corrected chi connectivity index (χ3v) is 1.89. The Morgan fingerprint density at radius 2 is 1.69 bits per heavy atom. The van der Waals surface area contributed by atoms with Gasteiger partial charge in [-0.15, -0.1) is 0 Å². The molecule has 16 heavy (non-hydrogen) atoms. The second-order valence-electron chi connectivity index (χ2n) is 4.98. The van der Waals surface area contributed by atoms with Crippen LogP contribution in [0.25, 0.3) is 0 Å². The molecule has 92 valence electrons. The molecule has 0 aliphatic rings. The molecule has 0 saturated carbocycles. The molecule has 1 amide bonds. The summed E-state index contributed by atoms with van der Waals surface area (Å²) in [5.74, 6) is 0.120. The van der Waals surface area contributed by atoms with Gasteiger partial charge in [0, 0.05) is 12.0 Å². The molecule has 0 spiro atoms. The maximum absolute atomic E-state index is 11.4. The van der Waals surface area contributed by atoms with Crippen molar-refractivity contribution in [3.05, 3.63) is 24.3 Å². The second kappa shape index (κ2) is 8.14. The molecule has 2 heteroatoms. The minimum atomic E-state index is -0.123. The van der Waals surface area contributed by atoms with Gasteiger partial charge in [0.05, 0.1) is 0 Å². The lowest BCUT2D eigenvalue weighted by Crippen LogP contribution is -2.40. The summed E-state index contributed by atoms with van der Waals surface area (Å²) in [7, 11) is 0. The predicted octanol–water partition coefficient (Wildman–Crippen LogP) is 3.59. The standard InChI is InChI=1S/C14H25NO/c1-5-6-7-8-9-10-11-12-13(16)15-14(2,3)4/h7-10H,5-6,11-12H2,1-4H3,(H,15,16)/b8-7?,10-9-. The van der Waals surface area contributed by atoms with E-state index in [4.69, 9.17) is 0 Å². The zero-order chi connectivity index (χ0) is 12.4. The van der Waals surface area contributed by atoms with Gasteiger partial charge in [0.15, 0.2) is 0 Å². The first kappa shape index (κ1) is 14.9. The van der Waals surface area contributed by atoms with Crippen molar-refractivity contribution in [1.29, 1.82) is 0 Å². The van der Waals surface area contributed by atoms with Gasteiger partial charge in [-0.3, -0.25) is 4.79 Å². The molecule has 0 aromatic heterocycles. The zero-order valence-corrected chi connectivity index (χ0v) is 11.0. The highest BCUT2D eigenvalue weighted by Gasteiger charge is 2.12. The maximum atomic E-state index is 11.4. The van der Waals surface area contributed by atoms with Crippen LogP contribution in [0.1, 0.15) is 53.4 Å². The Balaban J connectivity index is 3.62. The summed E-state index contributed by atoms with van der Waals surface area (Å²) in [6.45, 7) is 8.14. The quantitative estimate of drug-likeness (QED) is 0.685.